The van der Waals surface area contributed by atoms with Crippen molar-refractivity contribution in [1.82, 2.24) is 9.55 Å². The van der Waals surface area contributed by atoms with E-state index >= 15 is 0 Å². The standard InChI is InChI=1S/C16H19ClN2O2/c1-2-19-14-8-7-10(17)9-13(14)18-15(19)11-5-3-4-6-12(11)16(20)21/h7-9,11-12H,2-6H2,1H3,(H,20,21). The Hall–Kier alpha value is -1.55. The summed E-state index contributed by atoms with van der Waals surface area (Å²) in [5.41, 5.74) is 1.89. The molecule has 0 aliphatic heterocycles. The van der Waals surface area contributed by atoms with E-state index in [4.69, 9.17) is 16.6 Å². The van der Waals surface area contributed by atoms with Crippen LogP contribution < -0.4 is 0 Å². The normalized spacial score (nSPS) is 22.6. The van der Waals surface area contributed by atoms with E-state index in [0.717, 1.165) is 49.1 Å². The summed E-state index contributed by atoms with van der Waals surface area (Å²) in [5, 5.41) is 10.2. The van der Waals surface area contributed by atoms with Gasteiger partial charge in [0.25, 0.3) is 0 Å². The molecule has 21 heavy (non-hydrogen) atoms. The zero-order chi connectivity index (χ0) is 15.0. The fourth-order valence-corrected chi connectivity index (χ4v) is 3.64. The van der Waals surface area contributed by atoms with Gasteiger partial charge < -0.3 is 9.67 Å². The average Bonchev–Trinajstić information content (AvgIpc) is 2.84. The Labute approximate surface area is 128 Å². The van der Waals surface area contributed by atoms with Crippen LogP contribution in [0.2, 0.25) is 5.02 Å². The van der Waals surface area contributed by atoms with Gasteiger partial charge in [0.15, 0.2) is 0 Å². The van der Waals surface area contributed by atoms with Gasteiger partial charge in [-0.05, 0) is 38.0 Å². The largest absolute Gasteiger partial charge is 0.481 e. The molecular weight excluding hydrogens is 288 g/mol. The Morgan fingerprint density at radius 3 is 2.90 bits per heavy atom. The second-order valence-electron chi connectivity index (χ2n) is 5.68. The first kappa shape index (κ1) is 14.4. The van der Waals surface area contributed by atoms with Crippen molar-refractivity contribution in [2.75, 3.05) is 0 Å². The van der Waals surface area contributed by atoms with Crippen molar-refractivity contribution in [3.8, 4) is 0 Å². The highest BCUT2D eigenvalue weighted by Crippen LogP contribution is 2.38. The zero-order valence-corrected chi connectivity index (χ0v) is 12.8. The monoisotopic (exact) mass is 306 g/mol. The highest BCUT2D eigenvalue weighted by atomic mass is 35.5. The van der Waals surface area contributed by atoms with E-state index in [9.17, 15) is 9.90 Å². The number of aliphatic carboxylic acids is 1. The molecule has 1 aliphatic rings. The van der Waals surface area contributed by atoms with Crippen LogP contribution in [0.5, 0.6) is 0 Å². The molecule has 1 aromatic carbocycles. The molecule has 0 spiro atoms. The number of aromatic nitrogens is 2. The molecule has 0 saturated heterocycles. The maximum absolute atomic E-state index is 11.5. The zero-order valence-electron chi connectivity index (χ0n) is 12.1. The van der Waals surface area contributed by atoms with E-state index < -0.39 is 5.97 Å². The summed E-state index contributed by atoms with van der Waals surface area (Å²) in [4.78, 5) is 16.3. The van der Waals surface area contributed by atoms with Crippen LogP contribution >= 0.6 is 11.6 Å². The van der Waals surface area contributed by atoms with Gasteiger partial charge in [-0.2, -0.15) is 0 Å². The third-order valence-electron chi connectivity index (χ3n) is 4.47. The number of aryl methyl sites for hydroxylation is 1. The van der Waals surface area contributed by atoms with Crippen LogP contribution in [0.15, 0.2) is 18.2 Å². The number of nitrogens with zero attached hydrogens (tertiary/aromatic N) is 2. The van der Waals surface area contributed by atoms with Crippen molar-refractivity contribution in [3.63, 3.8) is 0 Å². The molecule has 5 heteroatoms. The number of hydrogen-bond donors (Lipinski definition) is 1. The molecule has 0 bridgehead atoms. The average molecular weight is 307 g/mol. The molecule has 2 atom stereocenters. The highest BCUT2D eigenvalue weighted by Gasteiger charge is 2.35. The maximum Gasteiger partial charge on any atom is 0.307 e. The van der Waals surface area contributed by atoms with E-state index in [0.29, 0.717) is 5.02 Å². The van der Waals surface area contributed by atoms with Crippen molar-refractivity contribution >= 4 is 28.6 Å². The van der Waals surface area contributed by atoms with Crippen LogP contribution in [0.3, 0.4) is 0 Å². The van der Waals surface area contributed by atoms with Gasteiger partial charge in [0.1, 0.15) is 5.82 Å². The van der Waals surface area contributed by atoms with Gasteiger partial charge in [0.05, 0.1) is 17.0 Å². The van der Waals surface area contributed by atoms with Crippen LogP contribution in [0, 0.1) is 5.92 Å². The van der Waals surface area contributed by atoms with Crippen molar-refractivity contribution in [3.05, 3.63) is 29.0 Å². The highest BCUT2D eigenvalue weighted by molar-refractivity contribution is 6.31. The Bertz CT molecular complexity index is 680. The third kappa shape index (κ3) is 2.53. The second-order valence-corrected chi connectivity index (χ2v) is 6.12. The lowest BCUT2D eigenvalue weighted by atomic mass is 9.78. The molecule has 1 aromatic heterocycles. The summed E-state index contributed by atoms with van der Waals surface area (Å²) >= 11 is 6.04. The van der Waals surface area contributed by atoms with Gasteiger partial charge in [-0.3, -0.25) is 4.79 Å². The number of imidazole rings is 1. The first-order valence-corrected chi connectivity index (χ1v) is 7.88. The predicted octanol–water partition coefficient (Wildman–Crippen LogP) is 4.07. The van der Waals surface area contributed by atoms with Crippen LogP contribution in [0.4, 0.5) is 0 Å². The first-order chi connectivity index (χ1) is 10.1. The molecule has 1 saturated carbocycles. The molecule has 4 nitrogen and oxygen atoms in total. The number of hydrogen-bond acceptors (Lipinski definition) is 2. The molecule has 1 heterocycles. The second kappa shape index (κ2) is 5.68. The molecule has 3 rings (SSSR count). The molecule has 2 unspecified atom stereocenters. The number of rotatable bonds is 3. The summed E-state index contributed by atoms with van der Waals surface area (Å²) in [6, 6.07) is 5.68. The number of halogens is 1. The Morgan fingerprint density at radius 1 is 1.43 bits per heavy atom. The molecule has 1 aliphatic carbocycles. The van der Waals surface area contributed by atoms with Gasteiger partial charge in [0, 0.05) is 17.5 Å². The van der Waals surface area contributed by atoms with E-state index in [1.165, 1.54) is 0 Å². The van der Waals surface area contributed by atoms with Crippen LogP contribution in [-0.2, 0) is 11.3 Å². The summed E-state index contributed by atoms with van der Waals surface area (Å²) in [7, 11) is 0. The SMILES string of the molecule is CCn1c(C2CCCCC2C(=O)O)nc2cc(Cl)ccc21. The van der Waals surface area contributed by atoms with Crippen molar-refractivity contribution < 1.29 is 9.90 Å². The predicted molar refractivity (Wildman–Crippen MR) is 82.8 cm³/mol. The van der Waals surface area contributed by atoms with Crippen molar-refractivity contribution in [2.24, 2.45) is 5.92 Å². The minimum Gasteiger partial charge on any atom is -0.481 e. The van der Waals surface area contributed by atoms with E-state index in [-0.39, 0.29) is 11.8 Å². The number of carbonyl (C=O) groups is 1. The lowest BCUT2D eigenvalue weighted by Gasteiger charge is -2.28. The molecule has 1 fully saturated rings. The number of carboxylic acid groups (broad SMARTS) is 1. The molecule has 112 valence electrons. The van der Waals surface area contributed by atoms with Gasteiger partial charge in [-0.1, -0.05) is 24.4 Å². The lowest BCUT2D eigenvalue weighted by Crippen LogP contribution is -2.27. The lowest BCUT2D eigenvalue weighted by molar-refractivity contribution is -0.143. The molecule has 2 aromatic rings. The third-order valence-corrected chi connectivity index (χ3v) is 4.71. The van der Waals surface area contributed by atoms with Gasteiger partial charge >= 0.3 is 5.97 Å². The van der Waals surface area contributed by atoms with E-state index in [1.54, 1.807) is 0 Å². The maximum atomic E-state index is 11.5. The quantitative estimate of drug-likeness (QED) is 0.930. The minimum absolute atomic E-state index is 0.00220. The summed E-state index contributed by atoms with van der Waals surface area (Å²) < 4.78 is 2.14. The number of benzene rings is 1. The van der Waals surface area contributed by atoms with Gasteiger partial charge in [-0.25, -0.2) is 4.98 Å². The fraction of sp³-hybridized carbons (Fsp3) is 0.500. The van der Waals surface area contributed by atoms with Crippen LogP contribution in [0.25, 0.3) is 11.0 Å². The van der Waals surface area contributed by atoms with E-state index in [2.05, 4.69) is 11.5 Å². The summed E-state index contributed by atoms with van der Waals surface area (Å²) in [6.45, 7) is 2.86. The van der Waals surface area contributed by atoms with Gasteiger partial charge in [-0.15, -0.1) is 0 Å². The van der Waals surface area contributed by atoms with Crippen LogP contribution in [0.1, 0.15) is 44.3 Å². The minimum atomic E-state index is -0.701. The molecule has 0 radical (unpaired) electrons. The fourth-order valence-electron chi connectivity index (χ4n) is 3.47. The topological polar surface area (TPSA) is 55.1 Å². The van der Waals surface area contributed by atoms with E-state index in [1.807, 2.05) is 18.2 Å². The van der Waals surface area contributed by atoms with Gasteiger partial charge in [0.2, 0.25) is 0 Å². The number of carboxylic acids is 1. The molecule has 1 N–H and O–H groups in total. The Balaban J connectivity index is 2.11. The Kier molecular flexibility index (Phi) is 3.89. The molecular formula is C16H19ClN2O2. The molecule has 0 amide bonds. The Morgan fingerprint density at radius 2 is 2.19 bits per heavy atom. The van der Waals surface area contributed by atoms with Crippen molar-refractivity contribution in [1.29, 1.82) is 0 Å². The summed E-state index contributed by atoms with van der Waals surface area (Å²) in [6.07, 6.45) is 3.70. The summed E-state index contributed by atoms with van der Waals surface area (Å²) in [5.74, 6) is -0.118. The first-order valence-electron chi connectivity index (χ1n) is 7.50. The van der Waals surface area contributed by atoms with Crippen molar-refractivity contribution in [2.45, 2.75) is 45.1 Å². The van der Waals surface area contributed by atoms with Crippen LogP contribution in [-0.4, -0.2) is 20.6 Å². The smallest absolute Gasteiger partial charge is 0.307 e. The number of fused-ring (bicyclic) bond motifs is 1.